The van der Waals surface area contributed by atoms with Crippen LogP contribution in [-0.4, -0.2) is 31.3 Å². The van der Waals surface area contributed by atoms with Crippen LogP contribution in [0.3, 0.4) is 0 Å². The van der Waals surface area contributed by atoms with Crippen molar-refractivity contribution < 1.29 is 0 Å². The molecule has 3 N–H and O–H groups in total. The van der Waals surface area contributed by atoms with Crippen LogP contribution in [0.25, 0.3) is 0 Å². The Labute approximate surface area is 60.5 Å². The molecule has 0 aliphatic heterocycles. The van der Waals surface area contributed by atoms with E-state index in [1.807, 2.05) is 14.1 Å². The summed E-state index contributed by atoms with van der Waals surface area (Å²) < 4.78 is 0. The van der Waals surface area contributed by atoms with E-state index in [1.165, 1.54) is 0 Å². The average Bonchev–Trinajstić information content (AvgIpc) is 1.63. The summed E-state index contributed by atoms with van der Waals surface area (Å²) in [7, 11) is 5.48. The largest absolute Gasteiger partial charge is 0.297 e. The number of hydrogen-bond donors (Lipinski definition) is 3. The molecule has 5 heteroatoms. The van der Waals surface area contributed by atoms with Crippen molar-refractivity contribution in [1.82, 2.24) is 21.3 Å². The summed E-state index contributed by atoms with van der Waals surface area (Å²) in [6, 6.07) is 0. The average molecular weight is 148 g/mol. The lowest BCUT2D eigenvalue weighted by Crippen LogP contribution is -2.47. The van der Waals surface area contributed by atoms with Gasteiger partial charge in [0.1, 0.15) is 0 Å². The van der Waals surface area contributed by atoms with Crippen LogP contribution in [-0.2, 0) is 0 Å². The van der Waals surface area contributed by atoms with Gasteiger partial charge in [0.15, 0.2) is 5.11 Å². The fourth-order valence-electron chi connectivity index (χ4n) is 0.345. The highest BCUT2D eigenvalue weighted by molar-refractivity contribution is 7.80. The molecule has 0 heterocycles. The molecule has 4 nitrogen and oxygen atoms in total. The van der Waals surface area contributed by atoms with Crippen molar-refractivity contribution in [2.24, 2.45) is 0 Å². The quantitative estimate of drug-likeness (QED) is 0.348. The van der Waals surface area contributed by atoms with E-state index >= 15 is 0 Å². The zero-order valence-corrected chi connectivity index (χ0v) is 6.67. The lowest BCUT2D eigenvalue weighted by Gasteiger charge is -2.14. The highest BCUT2D eigenvalue weighted by Crippen LogP contribution is 1.64. The highest BCUT2D eigenvalue weighted by Gasteiger charge is 1.90. The minimum Gasteiger partial charge on any atom is -0.297 e. The zero-order chi connectivity index (χ0) is 7.28. The van der Waals surface area contributed by atoms with Gasteiger partial charge in [0, 0.05) is 21.1 Å². The van der Waals surface area contributed by atoms with E-state index < -0.39 is 0 Å². The predicted octanol–water partition coefficient (Wildman–Crippen LogP) is -0.938. The second-order valence-corrected chi connectivity index (χ2v) is 2.12. The number of nitrogens with one attached hydrogen (secondary N) is 3. The van der Waals surface area contributed by atoms with Crippen LogP contribution in [0, 0.1) is 0 Å². The fraction of sp³-hybridized carbons (Fsp3) is 0.750. The molecule has 0 amide bonds. The number of hydrogen-bond acceptors (Lipinski definition) is 3. The van der Waals surface area contributed by atoms with E-state index in [4.69, 9.17) is 12.2 Å². The van der Waals surface area contributed by atoms with Crippen molar-refractivity contribution in [1.29, 1.82) is 0 Å². The molecule has 9 heavy (non-hydrogen) atoms. The van der Waals surface area contributed by atoms with E-state index in [9.17, 15) is 0 Å². The Morgan fingerprint density at radius 1 is 1.44 bits per heavy atom. The molecule has 0 radical (unpaired) electrons. The summed E-state index contributed by atoms with van der Waals surface area (Å²) >= 11 is 4.80. The van der Waals surface area contributed by atoms with Crippen LogP contribution in [0.15, 0.2) is 0 Å². The Morgan fingerprint density at radius 3 is 2.33 bits per heavy atom. The first kappa shape index (κ1) is 8.61. The van der Waals surface area contributed by atoms with Crippen LogP contribution in [0.5, 0.6) is 0 Å². The predicted molar refractivity (Wildman–Crippen MR) is 41.6 cm³/mol. The van der Waals surface area contributed by atoms with Crippen molar-refractivity contribution in [2.75, 3.05) is 21.1 Å². The van der Waals surface area contributed by atoms with Crippen molar-refractivity contribution in [3.8, 4) is 0 Å². The second kappa shape index (κ2) is 4.49. The maximum Gasteiger partial charge on any atom is 0.195 e. The molecular weight excluding hydrogens is 136 g/mol. The summed E-state index contributed by atoms with van der Waals surface area (Å²) in [4.78, 5) is 0. The van der Waals surface area contributed by atoms with E-state index in [0.717, 1.165) is 0 Å². The highest BCUT2D eigenvalue weighted by atomic mass is 32.1. The van der Waals surface area contributed by atoms with Gasteiger partial charge in [-0.1, -0.05) is 0 Å². The van der Waals surface area contributed by atoms with E-state index in [2.05, 4.69) is 16.3 Å². The fourth-order valence-corrected chi connectivity index (χ4v) is 0.629. The SMILES string of the molecule is CNNC(=S)NN(C)C. The number of nitrogens with zero attached hydrogens (tertiary/aromatic N) is 1. The van der Waals surface area contributed by atoms with Crippen LogP contribution in [0.1, 0.15) is 0 Å². The van der Waals surface area contributed by atoms with Gasteiger partial charge in [-0.25, -0.2) is 10.4 Å². The zero-order valence-electron chi connectivity index (χ0n) is 5.86. The molecular formula is C4H12N4S. The van der Waals surface area contributed by atoms with Crippen LogP contribution in [0.2, 0.25) is 0 Å². The summed E-state index contributed by atoms with van der Waals surface area (Å²) in [5.41, 5.74) is 8.23. The maximum atomic E-state index is 4.80. The molecule has 0 aromatic heterocycles. The lowest BCUT2D eigenvalue weighted by molar-refractivity contribution is 0.358. The second-order valence-electron chi connectivity index (χ2n) is 1.71. The topological polar surface area (TPSA) is 39.3 Å². The molecule has 0 bridgehead atoms. The van der Waals surface area contributed by atoms with Gasteiger partial charge in [0.2, 0.25) is 0 Å². The summed E-state index contributed by atoms with van der Waals surface area (Å²) in [6.07, 6.45) is 0. The van der Waals surface area contributed by atoms with Crippen molar-refractivity contribution in [3.05, 3.63) is 0 Å². The van der Waals surface area contributed by atoms with Crippen LogP contribution < -0.4 is 16.3 Å². The Bertz CT molecular complexity index is 92.6. The normalized spacial score (nSPS) is 9.33. The van der Waals surface area contributed by atoms with E-state index in [-0.39, 0.29) is 0 Å². The summed E-state index contributed by atoms with van der Waals surface area (Å²) in [5, 5.41) is 2.31. The monoisotopic (exact) mass is 148 g/mol. The summed E-state index contributed by atoms with van der Waals surface area (Å²) in [6.45, 7) is 0. The third kappa shape index (κ3) is 5.48. The Hall–Kier alpha value is -0.390. The van der Waals surface area contributed by atoms with Crippen molar-refractivity contribution >= 4 is 17.3 Å². The number of hydrazine groups is 2. The molecule has 0 aliphatic rings. The smallest absolute Gasteiger partial charge is 0.195 e. The van der Waals surface area contributed by atoms with Gasteiger partial charge in [-0.05, 0) is 12.2 Å². The van der Waals surface area contributed by atoms with Gasteiger partial charge in [0.25, 0.3) is 0 Å². The molecule has 0 spiro atoms. The molecule has 0 unspecified atom stereocenters. The lowest BCUT2D eigenvalue weighted by atomic mass is 11.0. The van der Waals surface area contributed by atoms with Gasteiger partial charge < -0.3 is 0 Å². The molecule has 0 rings (SSSR count). The molecule has 0 aromatic carbocycles. The van der Waals surface area contributed by atoms with E-state index in [0.29, 0.717) is 5.11 Å². The van der Waals surface area contributed by atoms with Crippen molar-refractivity contribution in [3.63, 3.8) is 0 Å². The number of thiocarbonyl (C=S) groups is 1. The summed E-state index contributed by atoms with van der Waals surface area (Å²) in [5.74, 6) is 0. The minimum atomic E-state index is 0.558. The third-order valence-corrected chi connectivity index (χ3v) is 0.757. The molecule has 0 saturated heterocycles. The standard InChI is InChI=1S/C4H12N4S/c1-5-6-4(9)7-8(2)3/h5H,1-3H3,(H2,6,7,9). The molecule has 0 aromatic rings. The maximum absolute atomic E-state index is 4.80. The molecule has 0 saturated carbocycles. The van der Waals surface area contributed by atoms with Gasteiger partial charge in [0.05, 0.1) is 0 Å². The van der Waals surface area contributed by atoms with Gasteiger partial charge in [-0.15, -0.1) is 0 Å². The van der Waals surface area contributed by atoms with Crippen LogP contribution >= 0.6 is 12.2 Å². The first-order valence-corrected chi connectivity index (χ1v) is 2.98. The van der Waals surface area contributed by atoms with Gasteiger partial charge in [-0.3, -0.25) is 10.9 Å². The molecule has 54 valence electrons. The third-order valence-electron chi connectivity index (χ3n) is 0.564. The number of rotatable bonds is 2. The first-order valence-electron chi connectivity index (χ1n) is 2.57. The molecule has 0 atom stereocenters. The Balaban J connectivity index is 3.27. The van der Waals surface area contributed by atoms with Gasteiger partial charge in [-0.2, -0.15) is 0 Å². The van der Waals surface area contributed by atoms with E-state index in [1.54, 1.807) is 12.1 Å². The molecule has 0 aliphatic carbocycles. The Kier molecular flexibility index (Phi) is 4.29. The minimum absolute atomic E-state index is 0.558. The van der Waals surface area contributed by atoms with Gasteiger partial charge >= 0.3 is 0 Å². The Morgan fingerprint density at radius 2 is 2.00 bits per heavy atom. The molecule has 0 fully saturated rings. The van der Waals surface area contributed by atoms with Crippen molar-refractivity contribution in [2.45, 2.75) is 0 Å². The first-order chi connectivity index (χ1) is 4.16. The van der Waals surface area contributed by atoms with Crippen LogP contribution in [0.4, 0.5) is 0 Å².